The first-order valence-corrected chi connectivity index (χ1v) is 12.2. The molecule has 2 aliphatic rings. The summed E-state index contributed by atoms with van der Waals surface area (Å²) in [6, 6.07) is 8.81. The fourth-order valence-electron chi connectivity index (χ4n) is 4.22. The number of pyridine rings is 1. The van der Waals surface area contributed by atoms with Crippen molar-refractivity contribution in [3.8, 4) is 5.75 Å². The van der Waals surface area contributed by atoms with Crippen LogP contribution in [0.3, 0.4) is 0 Å². The quantitative estimate of drug-likeness (QED) is 0.653. The van der Waals surface area contributed by atoms with Gasteiger partial charge in [0.1, 0.15) is 5.75 Å². The largest absolute Gasteiger partial charge is 0.497 e. The molecule has 8 nitrogen and oxygen atoms in total. The standard InChI is InChI=1S/C22H24N4O4S/c1-13-20-18(22(27)23-15-4-3-5-17(10-15)30-2)11-19(14-6-7-14)24-21(20)26(25-13)16-8-9-31(28,29)12-16/h3-5,10-11,14,16H,6-9,12H2,1-2H3,(H,23,27). The van der Waals surface area contributed by atoms with Gasteiger partial charge in [-0.05, 0) is 44.4 Å². The van der Waals surface area contributed by atoms with Crippen molar-refractivity contribution in [2.75, 3.05) is 23.9 Å². The summed E-state index contributed by atoms with van der Waals surface area (Å²) in [4.78, 5) is 18.1. The van der Waals surface area contributed by atoms with E-state index < -0.39 is 9.84 Å². The van der Waals surface area contributed by atoms with Crippen molar-refractivity contribution in [3.63, 3.8) is 0 Å². The van der Waals surface area contributed by atoms with Crippen molar-refractivity contribution >= 4 is 32.5 Å². The van der Waals surface area contributed by atoms with E-state index in [0.29, 0.717) is 46.1 Å². The Hall–Kier alpha value is -2.94. The number of ether oxygens (including phenoxy) is 1. The molecule has 1 aromatic carbocycles. The van der Waals surface area contributed by atoms with Gasteiger partial charge in [0, 0.05) is 23.4 Å². The van der Waals surface area contributed by atoms with Crippen LogP contribution in [0, 0.1) is 6.92 Å². The predicted molar refractivity (Wildman–Crippen MR) is 117 cm³/mol. The van der Waals surface area contributed by atoms with Gasteiger partial charge >= 0.3 is 0 Å². The minimum atomic E-state index is -3.07. The average Bonchev–Trinajstić information content (AvgIpc) is 3.46. The average molecular weight is 441 g/mol. The van der Waals surface area contributed by atoms with Crippen LogP contribution >= 0.6 is 0 Å². The van der Waals surface area contributed by atoms with Crippen LogP contribution in [-0.4, -0.2) is 47.7 Å². The number of aromatic nitrogens is 3. The number of benzene rings is 1. The number of carbonyl (C=O) groups is 1. The zero-order valence-electron chi connectivity index (χ0n) is 17.5. The lowest BCUT2D eigenvalue weighted by molar-refractivity contribution is 0.102. The van der Waals surface area contributed by atoms with Gasteiger partial charge < -0.3 is 10.1 Å². The number of hydrogen-bond donors (Lipinski definition) is 1. The third-order valence-corrected chi connectivity index (χ3v) is 7.73. The summed E-state index contributed by atoms with van der Waals surface area (Å²) in [7, 11) is -1.49. The zero-order chi connectivity index (χ0) is 21.8. The van der Waals surface area contributed by atoms with Gasteiger partial charge in [-0.3, -0.25) is 4.79 Å². The van der Waals surface area contributed by atoms with Crippen LogP contribution in [0.4, 0.5) is 5.69 Å². The van der Waals surface area contributed by atoms with E-state index in [1.165, 1.54) is 0 Å². The summed E-state index contributed by atoms with van der Waals surface area (Å²) in [6.45, 7) is 1.84. The number of methoxy groups -OCH3 is 1. The van der Waals surface area contributed by atoms with Crippen LogP contribution in [0.1, 0.15) is 53.0 Å². The first-order chi connectivity index (χ1) is 14.8. The molecule has 2 aromatic heterocycles. The molecule has 0 bridgehead atoms. The van der Waals surface area contributed by atoms with E-state index in [2.05, 4.69) is 10.4 Å². The molecule has 31 heavy (non-hydrogen) atoms. The van der Waals surface area contributed by atoms with Gasteiger partial charge in [0.25, 0.3) is 5.91 Å². The molecule has 1 saturated heterocycles. The number of carbonyl (C=O) groups excluding carboxylic acids is 1. The summed E-state index contributed by atoms with van der Waals surface area (Å²) in [5.74, 6) is 0.962. The van der Waals surface area contributed by atoms with E-state index in [1.54, 1.807) is 23.9 Å². The molecule has 3 aromatic rings. The maximum absolute atomic E-state index is 13.3. The van der Waals surface area contributed by atoms with Gasteiger partial charge in [-0.15, -0.1) is 0 Å². The molecular weight excluding hydrogens is 416 g/mol. The molecule has 9 heteroatoms. The number of anilines is 1. The molecule has 5 rings (SSSR count). The molecule has 0 radical (unpaired) electrons. The SMILES string of the molecule is COc1cccc(NC(=O)c2cc(C3CC3)nc3c2c(C)nn3C2CCS(=O)(=O)C2)c1. The van der Waals surface area contributed by atoms with Gasteiger partial charge in [0.05, 0.1) is 41.3 Å². The Morgan fingerprint density at radius 1 is 1.23 bits per heavy atom. The van der Waals surface area contributed by atoms with Crippen molar-refractivity contribution < 1.29 is 17.9 Å². The summed E-state index contributed by atoms with van der Waals surface area (Å²) >= 11 is 0. The van der Waals surface area contributed by atoms with Crippen LogP contribution in [-0.2, 0) is 9.84 Å². The van der Waals surface area contributed by atoms with Gasteiger partial charge in [-0.1, -0.05) is 6.07 Å². The normalized spacial score (nSPS) is 20.1. The molecule has 1 amide bonds. The first kappa shape index (κ1) is 20.0. The summed E-state index contributed by atoms with van der Waals surface area (Å²) < 4.78 is 31.0. The molecule has 1 aliphatic carbocycles. The molecule has 1 N–H and O–H groups in total. The maximum Gasteiger partial charge on any atom is 0.256 e. The predicted octanol–water partition coefficient (Wildman–Crippen LogP) is 3.24. The van der Waals surface area contributed by atoms with Crippen LogP contribution in [0.2, 0.25) is 0 Å². The highest BCUT2D eigenvalue weighted by atomic mass is 32.2. The monoisotopic (exact) mass is 440 g/mol. The number of rotatable bonds is 5. The van der Waals surface area contributed by atoms with E-state index >= 15 is 0 Å². The van der Waals surface area contributed by atoms with E-state index in [-0.39, 0.29) is 23.5 Å². The molecule has 0 spiro atoms. The Labute approximate surface area is 180 Å². The number of hydrogen-bond acceptors (Lipinski definition) is 6. The lowest BCUT2D eigenvalue weighted by Gasteiger charge is -2.12. The van der Waals surface area contributed by atoms with Crippen molar-refractivity contribution in [1.29, 1.82) is 0 Å². The number of sulfone groups is 1. The number of amides is 1. The number of fused-ring (bicyclic) bond motifs is 1. The van der Waals surface area contributed by atoms with E-state index in [1.807, 2.05) is 25.1 Å². The number of aryl methyl sites for hydroxylation is 1. The topological polar surface area (TPSA) is 103 Å². The second-order valence-electron chi connectivity index (χ2n) is 8.34. The summed E-state index contributed by atoms with van der Waals surface area (Å²) in [5.41, 5.74) is 3.28. The van der Waals surface area contributed by atoms with E-state index in [4.69, 9.17) is 9.72 Å². The van der Waals surface area contributed by atoms with Crippen LogP contribution in [0.15, 0.2) is 30.3 Å². The molecule has 1 saturated carbocycles. The van der Waals surface area contributed by atoms with Crippen LogP contribution in [0.25, 0.3) is 11.0 Å². The second-order valence-corrected chi connectivity index (χ2v) is 10.6. The maximum atomic E-state index is 13.3. The minimum Gasteiger partial charge on any atom is -0.497 e. The summed E-state index contributed by atoms with van der Waals surface area (Å²) in [6.07, 6.45) is 2.60. The molecular formula is C22H24N4O4S. The zero-order valence-corrected chi connectivity index (χ0v) is 18.3. The molecule has 1 aliphatic heterocycles. The molecule has 3 heterocycles. The van der Waals surface area contributed by atoms with Crippen molar-refractivity contribution in [2.45, 2.75) is 38.1 Å². The smallest absolute Gasteiger partial charge is 0.256 e. The fourth-order valence-corrected chi connectivity index (χ4v) is 5.91. The Balaban J connectivity index is 1.59. The lowest BCUT2D eigenvalue weighted by atomic mass is 10.1. The highest BCUT2D eigenvalue weighted by Gasteiger charge is 2.34. The van der Waals surface area contributed by atoms with Gasteiger partial charge in [-0.25, -0.2) is 18.1 Å². The van der Waals surface area contributed by atoms with E-state index in [0.717, 1.165) is 18.5 Å². The van der Waals surface area contributed by atoms with Crippen molar-refractivity contribution in [1.82, 2.24) is 14.8 Å². The lowest BCUT2D eigenvalue weighted by Crippen LogP contribution is -2.15. The third-order valence-electron chi connectivity index (χ3n) is 5.98. The number of nitrogens with zero attached hydrogens (tertiary/aromatic N) is 3. The fraction of sp³-hybridized carbons (Fsp3) is 0.409. The van der Waals surface area contributed by atoms with E-state index in [9.17, 15) is 13.2 Å². The Kier molecular flexibility index (Phi) is 4.73. The Morgan fingerprint density at radius 3 is 2.71 bits per heavy atom. The number of nitrogens with one attached hydrogen (secondary N) is 1. The highest BCUT2D eigenvalue weighted by molar-refractivity contribution is 7.91. The second kappa shape index (κ2) is 7.33. The van der Waals surface area contributed by atoms with Gasteiger partial charge in [0.15, 0.2) is 15.5 Å². The minimum absolute atomic E-state index is 0.0594. The highest BCUT2D eigenvalue weighted by Crippen LogP contribution is 2.41. The third kappa shape index (κ3) is 3.78. The van der Waals surface area contributed by atoms with Crippen molar-refractivity contribution in [3.05, 3.63) is 47.3 Å². The van der Waals surface area contributed by atoms with Crippen LogP contribution < -0.4 is 10.1 Å². The van der Waals surface area contributed by atoms with Crippen molar-refractivity contribution in [2.24, 2.45) is 0 Å². The molecule has 162 valence electrons. The molecule has 1 atom stereocenters. The Bertz CT molecular complexity index is 1290. The summed E-state index contributed by atoms with van der Waals surface area (Å²) in [5, 5.41) is 8.25. The van der Waals surface area contributed by atoms with Gasteiger partial charge in [0.2, 0.25) is 0 Å². The Morgan fingerprint density at radius 2 is 2.03 bits per heavy atom. The van der Waals surface area contributed by atoms with Gasteiger partial charge in [-0.2, -0.15) is 5.10 Å². The first-order valence-electron chi connectivity index (χ1n) is 10.4. The molecule has 2 fully saturated rings. The molecule has 1 unspecified atom stereocenters. The van der Waals surface area contributed by atoms with Crippen LogP contribution in [0.5, 0.6) is 5.75 Å².